The number of nitrogens with one attached hydrogen (secondary N) is 1. The lowest BCUT2D eigenvalue weighted by atomic mass is 10.2. The number of halogens is 1. The first-order chi connectivity index (χ1) is 9.70. The van der Waals surface area contributed by atoms with Crippen LogP contribution in [-0.4, -0.2) is 6.61 Å². The summed E-state index contributed by atoms with van der Waals surface area (Å²) >= 11 is 5.22. The van der Waals surface area contributed by atoms with Crippen LogP contribution in [0.25, 0.3) is 0 Å². The molecule has 1 heterocycles. The minimum atomic E-state index is 0.290. The summed E-state index contributed by atoms with van der Waals surface area (Å²) in [4.78, 5) is 0. The molecule has 1 aromatic carbocycles. The molecule has 4 heteroatoms. The Kier molecular flexibility index (Phi) is 5.66. The maximum Gasteiger partial charge on any atom is 0.148 e. The molecule has 0 aliphatic carbocycles. The van der Waals surface area contributed by atoms with Crippen LogP contribution in [0.4, 0.5) is 0 Å². The molecule has 0 spiro atoms. The van der Waals surface area contributed by atoms with Crippen molar-refractivity contribution in [2.24, 2.45) is 0 Å². The van der Waals surface area contributed by atoms with Gasteiger partial charge in [0.15, 0.2) is 0 Å². The molecule has 2 aromatic rings. The fourth-order valence-electron chi connectivity index (χ4n) is 1.85. The van der Waals surface area contributed by atoms with Crippen molar-refractivity contribution < 1.29 is 4.74 Å². The van der Waals surface area contributed by atoms with E-state index in [4.69, 9.17) is 11.2 Å². The highest BCUT2D eigenvalue weighted by Gasteiger charge is 2.05. The third-order valence-corrected chi connectivity index (χ3v) is 4.33. The summed E-state index contributed by atoms with van der Waals surface area (Å²) in [6.45, 7) is 4.03. The standard InChI is InChI=1S/C16H16BrNOS/c1-3-6-19-16-5-4-15(17)7-13(16)8-18-9-14-11-20-10-12(14)2/h1,4-5,7,10-11,18H,6,8-9H2,2H3. The Bertz CT molecular complexity index is 615. The largest absolute Gasteiger partial charge is 0.481 e. The monoisotopic (exact) mass is 349 g/mol. The van der Waals surface area contributed by atoms with Gasteiger partial charge in [0.2, 0.25) is 0 Å². The topological polar surface area (TPSA) is 21.3 Å². The third-order valence-electron chi connectivity index (χ3n) is 2.93. The normalized spacial score (nSPS) is 10.2. The Balaban J connectivity index is 1.99. The fourth-order valence-corrected chi connectivity index (χ4v) is 3.11. The number of thiophene rings is 1. The van der Waals surface area contributed by atoms with Crippen molar-refractivity contribution in [2.75, 3.05) is 6.61 Å². The zero-order chi connectivity index (χ0) is 14.4. The average molecular weight is 350 g/mol. The summed E-state index contributed by atoms with van der Waals surface area (Å²) in [6, 6.07) is 5.95. The van der Waals surface area contributed by atoms with Crippen molar-refractivity contribution >= 4 is 27.3 Å². The van der Waals surface area contributed by atoms with Gasteiger partial charge in [-0.05, 0) is 47.0 Å². The SMILES string of the molecule is C#CCOc1ccc(Br)cc1CNCc1cscc1C. The van der Waals surface area contributed by atoms with Gasteiger partial charge in [0.05, 0.1) is 0 Å². The smallest absolute Gasteiger partial charge is 0.148 e. The van der Waals surface area contributed by atoms with Crippen LogP contribution < -0.4 is 10.1 Å². The lowest BCUT2D eigenvalue weighted by Gasteiger charge is -2.11. The second kappa shape index (κ2) is 7.49. The Labute approximate surface area is 132 Å². The third kappa shape index (κ3) is 4.11. The predicted molar refractivity (Wildman–Crippen MR) is 88.1 cm³/mol. The van der Waals surface area contributed by atoms with Gasteiger partial charge < -0.3 is 10.1 Å². The van der Waals surface area contributed by atoms with Gasteiger partial charge in [0.1, 0.15) is 12.4 Å². The summed E-state index contributed by atoms with van der Waals surface area (Å²) in [5, 5.41) is 7.79. The number of terminal acetylenes is 1. The fraction of sp³-hybridized carbons (Fsp3) is 0.250. The summed E-state index contributed by atoms with van der Waals surface area (Å²) < 4.78 is 6.59. The average Bonchev–Trinajstić information content (AvgIpc) is 2.84. The zero-order valence-electron chi connectivity index (χ0n) is 11.3. The highest BCUT2D eigenvalue weighted by Crippen LogP contribution is 2.23. The van der Waals surface area contributed by atoms with Crippen LogP contribution in [0.5, 0.6) is 5.75 Å². The van der Waals surface area contributed by atoms with E-state index in [2.05, 4.69) is 50.9 Å². The lowest BCUT2D eigenvalue weighted by Crippen LogP contribution is -2.14. The van der Waals surface area contributed by atoms with E-state index in [9.17, 15) is 0 Å². The Morgan fingerprint density at radius 1 is 1.30 bits per heavy atom. The maximum absolute atomic E-state index is 5.56. The van der Waals surface area contributed by atoms with Gasteiger partial charge in [0.25, 0.3) is 0 Å². The summed E-state index contributed by atoms with van der Waals surface area (Å²) in [5.41, 5.74) is 3.78. The van der Waals surface area contributed by atoms with Gasteiger partial charge in [-0.1, -0.05) is 21.9 Å². The van der Waals surface area contributed by atoms with E-state index in [1.54, 1.807) is 11.3 Å². The number of ether oxygens (including phenoxy) is 1. The molecular weight excluding hydrogens is 334 g/mol. The van der Waals surface area contributed by atoms with Crippen molar-refractivity contribution in [3.05, 3.63) is 50.1 Å². The van der Waals surface area contributed by atoms with E-state index in [1.807, 2.05) is 12.1 Å². The second-order valence-electron chi connectivity index (χ2n) is 4.43. The first-order valence-electron chi connectivity index (χ1n) is 6.28. The second-order valence-corrected chi connectivity index (χ2v) is 6.09. The molecule has 0 unspecified atom stereocenters. The van der Waals surface area contributed by atoms with Gasteiger partial charge in [-0.25, -0.2) is 0 Å². The number of benzene rings is 1. The van der Waals surface area contributed by atoms with E-state index in [0.717, 1.165) is 28.9 Å². The van der Waals surface area contributed by atoms with E-state index in [-0.39, 0.29) is 6.61 Å². The molecule has 0 radical (unpaired) electrons. The molecule has 0 atom stereocenters. The Hall–Kier alpha value is -1.28. The van der Waals surface area contributed by atoms with Gasteiger partial charge in [-0.3, -0.25) is 0 Å². The molecule has 0 bridgehead atoms. The van der Waals surface area contributed by atoms with Crippen LogP contribution in [0.3, 0.4) is 0 Å². The van der Waals surface area contributed by atoms with Crippen LogP contribution in [0.2, 0.25) is 0 Å². The maximum atomic E-state index is 5.56. The van der Waals surface area contributed by atoms with Gasteiger partial charge >= 0.3 is 0 Å². The molecule has 20 heavy (non-hydrogen) atoms. The van der Waals surface area contributed by atoms with Crippen LogP contribution in [0.15, 0.2) is 33.4 Å². The van der Waals surface area contributed by atoms with E-state index < -0.39 is 0 Å². The Morgan fingerprint density at radius 3 is 2.80 bits per heavy atom. The number of hydrogen-bond acceptors (Lipinski definition) is 3. The summed E-state index contributed by atoms with van der Waals surface area (Å²) in [6.07, 6.45) is 5.24. The van der Waals surface area contributed by atoms with Gasteiger partial charge in [0, 0.05) is 23.1 Å². The van der Waals surface area contributed by atoms with Gasteiger partial charge in [-0.15, -0.1) is 6.42 Å². The predicted octanol–water partition coefficient (Wildman–Crippen LogP) is 4.12. The van der Waals surface area contributed by atoms with E-state index >= 15 is 0 Å². The molecule has 0 aliphatic heterocycles. The van der Waals surface area contributed by atoms with Crippen molar-refractivity contribution in [2.45, 2.75) is 20.0 Å². The zero-order valence-corrected chi connectivity index (χ0v) is 13.7. The first-order valence-corrected chi connectivity index (χ1v) is 8.01. The number of aryl methyl sites for hydroxylation is 1. The van der Waals surface area contributed by atoms with Crippen LogP contribution >= 0.6 is 27.3 Å². The first kappa shape index (κ1) is 15.1. The molecule has 0 saturated carbocycles. The van der Waals surface area contributed by atoms with E-state index in [0.29, 0.717) is 0 Å². The molecule has 104 valence electrons. The molecule has 2 rings (SSSR count). The molecule has 0 aliphatic rings. The van der Waals surface area contributed by atoms with Crippen LogP contribution in [0, 0.1) is 19.3 Å². The van der Waals surface area contributed by atoms with Crippen molar-refractivity contribution in [3.63, 3.8) is 0 Å². The van der Waals surface area contributed by atoms with Crippen molar-refractivity contribution in [1.82, 2.24) is 5.32 Å². The Morgan fingerprint density at radius 2 is 2.10 bits per heavy atom. The van der Waals surface area contributed by atoms with Crippen LogP contribution in [0.1, 0.15) is 16.7 Å². The minimum absolute atomic E-state index is 0.290. The minimum Gasteiger partial charge on any atom is -0.481 e. The van der Waals surface area contributed by atoms with Crippen LogP contribution in [-0.2, 0) is 13.1 Å². The van der Waals surface area contributed by atoms with Gasteiger partial charge in [-0.2, -0.15) is 11.3 Å². The van der Waals surface area contributed by atoms with Crippen molar-refractivity contribution in [3.8, 4) is 18.1 Å². The van der Waals surface area contributed by atoms with Crippen molar-refractivity contribution in [1.29, 1.82) is 0 Å². The number of hydrogen-bond donors (Lipinski definition) is 1. The molecule has 0 fully saturated rings. The molecular formula is C16H16BrNOS. The summed E-state index contributed by atoms with van der Waals surface area (Å²) in [7, 11) is 0. The molecule has 1 N–H and O–H groups in total. The summed E-state index contributed by atoms with van der Waals surface area (Å²) in [5.74, 6) is 3.32. The lowest BCUT2D eigenvalue weighted by molar-refractivity contribution is 0.364. The van der Waals surface area contributed by atoms with E-state index in [1.165, 1.54) is 11.1 Å². The highest BCUT2D eigenvalue weighted by atomic mass is 79.9. The highest BCUT2D eigenvalue weighted by molar-refractivity contribution is 9.10. The molecule has 1 aromatic heterocycles. The molecule has 0 saturated heterocycles. The quantitative estimate of drug-likeness (QED) is 0.792. The molecule has 0 amide bonds. The number of rotatable bonds is 6. The molecule has 2 nitrogen and oxygen atoms in total.